The van der Waals surface area contributed by atoms with Crippen molar-refractivity contribution in [3.05, 3.63) is 41.2 Å². The first kappa shape index (κ1) is 14.3. The van der Waals surface area contributed by atoms with Crippen LogP contribution < -0.4 is 4.74 Å². The number of hydrogen-bond donors (Lipinski definition) is 0. The molecule has 0 unspecified atom stereocenters. The van der Waals surface area contributed by atoms with E-state index in [4.69, 9.17) is 4.74 Å². The molecule has 20 heavy (non-hydrogen) atoms. The van der Waals surface area contributed by atoms with Gasteiger partial charge in [-0.1, -0.05) is 13.3 Å². The highest BCUT2D eigenvalue weighted by atomic mass is 16.5. The van der Waals surface area contributed by atoms with Gasteiger partial charge in [0.15, 0.2) is 6.29 Å². The van der Waals surface area contributed by atoms with Gasteiger partial charge in [0.1, 0.15) is 5.75 Å². The maximum atomic E-state index is 11.0. The van der Waals surface area contributed by atoms with E-state index < -0.39 is 0 Å². The normalized spacial score (nSPS) is 10.6. The summed E-state index contributed by atoms with van der Waals surface area (Å²) in [5.74, 6) is 0.861. The van der Waals surface area contributed by atoms with Crippen LogP contribution in [0.5, 0.6) is 5.75 Å². The number of benzene rings is 1. The Hall–Kier alpha value is -2.10. The highest BCUT2D eigenvalue weighted by Crippen LogP contribution is 2.19. The van der Waals surface area contributed by atoms with Gasteiger partial charge in [0, 0.05) is 0 Å². The molecule has 0 radical (unpaired) electrons. The van der Waals surface area contributed by atoms with Crippen LogP contribution in [0.3, 0.4) is 0 Å². The zero-order valence-electron chi connectivity index (χ0n) is 12.2. The van der Waals surface area contributed by atoms with Gasteiger partial charge < -0.3 is 4.74 Å². The van der Waals surface area contributed by atoms with Crippen molar-refractivity contribution in [2.45, 2.75) is 33.6 Å². The smallest absolute Gasteiger partial charge is 0.153 e. The molecule has 0 spiro atoms. The van der Waals surface area contributed by atoms with E-state index >= 15 is 0 Å². The second-order valence-corrected chi connectivity index (χ2v) is 4.81. The summed E-state index contributed by atoms with van der Waals surface area (Å²) in [5, 5.41) is 4.40. The number of unbranched alkanes of at least 4 members (excludes halogenated alkanes) is 1. The largest absolute Gasteiger partial charge is 0.494 e. The Bertz CT molecular complexity index is 585. The van der Waals surface area contributed by atoms with Crippen LogP contribution in [-0.2, 0) is 0 Å². The third-order valence-electron chi connectivity index (χ3n) is 3.31. The Kier molecular flexibility index (Phi) is 4.56. The van der Waals surface area contributed by atoms with E-state index in [9.17, 15) is 4.79 Å². The second-order valence-electron chi connectivity index (χ2n) is 4.81. The summed E-state index contributed by atoms with van der Waals surface area (Å²) < 4.78 is 7.42. The van der Waals surface area contributed by atoms with Crippen molar-refractivity contribution in [2.75, 3.05) is 6.61 Å². The van der Waals surface area contributed by atoms with Gasteiger partial charge in [-0.15, -0.1) is 0 Å². The Morgan fingerprint density at radius 1 is 1.25 bits per heavy atom. The van der Waals surface area contributed by atoms with Crippen LogP contribution in [0.1, 0.15) is 41.5 Å². The third kappa shape index (κ3) is 2.90. The molecule has 1 aromatic carbocycles. The van der Waals surface area contributed by atoms with Crippen LogP contribution in [0.2, 0.25) is 0 Å². The van der Waals surface area contributed by atoms with Gasteiger partial charge in [0.05, 0.1) is 29.2 Å². The summed E-state index contributed by atoms with van der Waals surface area (Å²) in [6, 6.07) is 7.77. The molecule has 106 valence electrons. The van der Waals surface area contributed by atoms with Gasteiger partial charge in [-0.25, -0.2) is 4.68 Å². The molecule has 2 rings (SSSR count). The van der Waals surface area contributed by atoms with E-state index in [2.05, 4.69) is 12.0 Å². The predicted molar refractivity (Wildman–Crippen MR) is 78.8 cm³/mol. The average molecular weight is 272 g/mol. The van der Waals surface area contributed by atoms with Gasteiger partial charge in [-0.2, -0.15) is 5.10 Å². The summed E-state index contributed by atoms with van der Waals surface area (Å²) in [6.45, 7) is 6.62. The molecule has 0 fully saturated rings. The van der Waals surface area contributed by atoms with E-state index in [-0.39, 0.29) is 0 Å². The SMILES string of the molecule is CCCCOc1ccc(-n2nc(C)c(C=O)c2C)cc1. The summed E-state index contributed by atoms with van der Waals surface area (Å²) in [4.78, 5) is 11.0. The summed E-state index contributed by atoms with van der Waals surface area (Å²) >= 11 is 0. The van der Waals surface area contributed by atoms with Crippen LogP contribution in [0.15, 0.2) is 24.3 Å². The summed E-state index contributed by atoms with van der Waals surface area (Å²) in [7, 11) is 0. The molecule has 0 atom stereocenters. The number of carbonyl (C=O) groups is 1. The lowest BCUT2D eigenvalue weighted by molar-refractivity contribution is 0.112. The third-order valence-corrected chi connectivity index (χ3v) is 3.31. The first-order chi connectivity index (χ1) is 9.67. The fourth-order valence-corrected chi connectivity index (χ4v) is 2.09. The summed E-state index contributed by atoms with van der Waals surface area (Å²) in [5.41, 5.74) is 3.20. The standard InChI is InChI=1S/C16H20N2O2/c1-4-5-10-20-15-8-6-14(7-9-15)18-13(3)16(11-19)12(2)17-18/h6-9,11H,4-5,10H2,1-3H3. The van der Waals surface area contributed by atoms with Crippen molar-refractivity contribution in [3.63, 3.8) is 0 Å². The van der Waals surface area contributed by atoms with Crippen molar-refractivity contribution < 1.29 is 9.53 Å². The Morgan fingerprint density at radius 3 is 2.50 bits per heavy atom. The molecular weight excluding hydrogens is 252 g/mol. The number of hydrogen-bond acceptors (Lipinski definition) is 3. The van der Waals surface area contributed by atoms with E-state index in [1.165, 1.54) is 0 Å². The summed E-state index contributed by atoms with van der Waals surface area (Å²) in [6.07, 6.45) is 3.04. The number of ether oxygens (including phenoxy) is 1. The van der Waals surface area contributed by atoms with Crippen LogP contribution >= 0.6 is 0 Å². The maximum Gasteiger partial charge on any atom is 0.153 e. The van der Waals surface area contributed by atoms with Crippen molar-refractivity contribution in [2.24, 2.45) is 0 Å². The number of aromatic nitrogens is 2. The minimum atomic E-state index is 0.660. The lowest BCUT2D eigenvalue weighted by Gasteiger charge is -2.08. The molecule has 2 aromatic rings. The van der Waals surface area contributed by atoms with Crippen molar-refractivity contribution in [1.29, 1.82) is 0 Å². The lowest BCUT2D eigenvalue weighted by atomic mass is 10.2. The highest BCUT2D eigenvalue weighted by Gasteiger charge is 2.11. The van der Waals surface area contributed by atoms with E-state index in [1.54, 1.807) is 4.68 Å². The zero-order chi connectivity index (χ0) is 14.5. The first-order valence-corrected chi connectivity index (χ1v) is 6.92. The molecule has 0 amide bonds. The molecule has 1 heterocycles. The molecule has 0 aliphatic heterocycles. The average Bonchev–Trinajstić information content (AvgIpc) is 2.74. The topological polar surface area (TPSA) is 44.1 Å². The monoisotopic (exact) mass is 272 g/mol. The van der Waals surface area contributed by atoms with Crippen LogP contribution in [0, 0.1) is 13.8 Å². The molecule has 4 heteroatoms. The number of rotatable bonds is 6. The predicted octanol–water partition coefficient (Wildman–Crippen LogP) is 3.48. The molecular formula is C16H20N2O2. The number of nitrogens with zero attached hydrogens (tertiary/aromatic N) is 2. The Balaban J connectivity index is 2.20. The second kappa shape index (κ2) is 6.37. The van der Waals surface area contributed by atoms with E-state index in [0.29, 0.717) is 5.56 Å². The van der Waals surface area contributed by atoms with Crippen LogP contribution in [-0.4, -0.2) is 22.7 Å². The van der Waals surface area contributed by atoms with Crippen molar-refractivity contribution in [1.82, 2.24) is 9.78 Å². The fraction of sp³-hybridized carbons (Fsp3) is 0.375. The van der Waals surface area contributed by atoms with Gasteiger partial charge in [0.25, 0.3) is 0 Å². The highest BCUT2D eigenvalue weighted by molar-refractivity contribution is 5.78. The molecule has 4 nitrogen and oxygen atoms in total. The van der Waals surface area contributed by atoms with Crippen LogP contribution in [0.4, 0.5) is 0 Å². The first-order valence-electron chi connectivity index (χ1n) is 6.92. The van der Waals surface area contributed by atoms with Gasteiger partial charge in [-0.05, 0) is 44.5 Å². The van der Waals surface area contributed by atoms with E-state index in [0.717, 1.165) is 48.6 Å². The molecule has 0 N–H and O–H groups in total. The zero-order valence-corrected chi connectivity index (χ0v) is 12.2. The van der Waals surface area contributed by atoms with Gasteiger partial charge >= 0.3 is 0 Å². The fourth-order valence-electron chi connectivity index (χ4n) is 2.09. The minimum absolute atomic E-state index is 0.660. The minimum Gasteiger partial charge on any atom is -0.494 e. The lowest BCUT2D eigenvalue weighted by Crippen LogP contribution is -2.00. The Morgan fingerprint density at radius 2 is 1.95 bits per heavy atom. The Labute approximate surface area is 119 Å². The number of aryl methyl sites for hydroxylation is 1. The van der Waals surface area contributed by atoms with Crippen molar-refractivity contribution in [3.8, 4) is 11.4 Å². The van der Waals surface area contributed by atoms with Crippen LogP contribution in [0.25, 0.3) is 5.69 Å². The van der Waals surface area contributed by atoms with Gasteiger partial charge in [-0.3, -0.25) is 4.79 Å². The molecule has 0 saturated carbocycles. The molecule has 1 aromatic heterocycles. The number of aldehydes is 1. The van der Waals surface area contributed by atoms with Crippen molar-refractivity contribution >= 4 is 6.29 Å². The molecule has 0 aliphatic carbocycles. The quantitative estimate of drug-likeness (QED) is 0.597. The van der Waals surface area contributed by atoms with Gasteiger partial charge in [0.2, 0.25) is 0 Å². The molecule has 0 saturated heterocycles. The molecule has 0 bridgehead atoms. The van der Waals surface area contributed by atoms with E-state index in [1.807, 2.05) is 38.1 Å². The maximum absolute atomic E-state index is 11.0. The molecule has 0 aliphatic rings. The number of carbonyl (C=O) groups excluding carboxylic acids is 1.